The summed E-state index contributed by atoms with van der Waals surface area (Å²) in [4.78, 5) is 3.68. The zero-order valence-electron chi connectivity index (χ0n) is 8.41. The number of halogens is 1. The number of nitrogens with one attached hydrogen (secondary N) is 1. The number of hydrazine groups is 1. The molecule has 15 heavy (non-hydrogen) atoms. The molecule has 3 nitrogen and oxygen atoms in total. The van der Waals surface area contributed by atoms with E-state index in [1.165, 1.54) is 6.20 Å². The van der Waals surface area contributed by atoms with Crippen LogP contribution in [0, 0.1) is 18.2 Å². The lowest BCUT2D eigenvalue weighted by atomic mass is 10.0. The summed E-state index contributed by atoms with van der Waals surface area (Å²) in [6.07, 6.45) is 10.1. The van der Waals surface area contributed by atoms with E-state index in [0.717, 1.165) is 6.42 Å². The van der Waals surface area contributed by atoms with Crippen LogP contribution >= 0.6 is 0 Å². The lowest BCUT2D eigenvalue weighted by molar-refractivity contribution is 0.473. The highest BCUT2D eigenvalue weighted by molar-refractivity contribution is 5.17. The Bertz CT molecular complexity index is 346. The summed E-state index contributed by atoms with van der Waals surface area (Å²) in [7, 11) is 0. The second kappa shape index (κ2) is 6.12. The van der Waals surface area contributed by atoms with E-state index in [1.807, 2.05) is 0 Å². The van der Waals surface area contributed by atoms with E-state index < -0.39 is 0 Å². The number of aromatic nitrogens is 1. The van der Waals surface area contributed by atoms with E-state index in [9.17, 15) is 4.39 Å². The first-order valence-corrected chi connectivity index (χ1v) is 4.78. The van der Waals surface area contributed by atoms with Crippen LogP contribution in [-0.2, 0) is 0 Å². The smallest absolute Gasteiger partial charge is 0.146 e. The van der Waals surface area contributed by atoms with Gasteiger partial charge in [-0.05, 0) is 18.9 Å². The van der Waals surface area contributed by atoms with Crippen molar-refractivity contribution in [3.63, 3.8) is 0 Å². The molecule has 4 heteroatoms. The van der Waals surface area contributed by atoms with Crippen molar-refractivity contribution in [3.8, 4) is 12.3 Å². The molecular weight excluding hydrogens is 193 g/mol. The molecule has 1 unspecified atom stereocenters. The molecule has 0 spiro atoms. The first-order valence-electron chi connectivity index (χ1n) is 4.78. The molecule has 3 N–H and O–H groups in total. The zero-order chi connectivity index (χ0) is 11.1. The molecule has 1 heterocycles. The fourth-order valence-electron chi connectivity index (χ4n) is 1.41. The van der Waals surface area contributed by atoms with Gasteiger partial charge in [0.2, 0.25) is 0 Å². The molecular formula is C11H14FN3. The predicted molar refractivity (Wildman–Crippen MR) is 56.9 cm³/mol. The maximum Gasteiger partial charge on any atom is 0.146 e. The Balaban J connectivity index is 2.66. The third-order valence-electron chi connectivity index (χ3n) is 2.19. The van der Waals surface area contributed by atoms with E-state index in [1.54, 1.807) is 12.3 Å². The quantitative estimate of drug-likeness (QED) is 0.333. The largest absolute Gasteiger partial charge is 0.271 e. The van der Waals surface area contributed by atoms with Crippen LogP contribution in [0.15, 0.2) is 18.5 Å². The summed E-state index contributed by atoms with van der Waals surface area (Å²) >= 11 is 0. The Hall–Kier alpha value is -1.44. The predicted octanol–water partition coefficient (Wildman–Crippen LogP) is 1.53. The molecule has 1 atom stereocenters. The molecule has 0 saturated heterocycles. The van der Waals surface area contributed by atoms with Gasteiger partial charge in [-0.15, -0.1) is 12.3 Å². The topological polar surface area (TPSA) is 50.9 Å². The number of unbranched alkanes of at least 4 members (excludes halogenated alkanes) is 1. The van der Waals surface area contributed by atoms with Gasteiger partial charge in [0.15, 0.2) is 0 Å². The minimum absolute atomic E-state index is 0.207. The van der Waals surface area contributed by atoms with Crippen LogP contribution in [0.4, 0.5) is 4.39 Å². The van der Waals surface area contributed by atoms with Gasteiger partial charge in [0.05, 0.1) is 6.20 Å². The molecule has 0 amide bonds. The lowest BCUT2D eigenvalue weighted by Crippen LogP contribution is -2.28. The first kappa shape index (κ1) is 11.6. The van der Waals surface area contributed by atoms with Gasteiger partial charge in [0.1, 0.15) is 5.82 Å². The van der Waals surface area contributed by atoms with E-state index in [0.29, 0.717) is 18.4 Å². The van der Waals surface area contributed by atoms with Crippen molar-refractivity contribution in [1.82, 2.24) is 10.4 Å². The molecule has 0 aliphatic carbocycles. The summed E-state index contributed by atoms with van der Waals surface area (Å²) in [5, 5.41) is 0. The molecule has 0 bridgehead atoms. The molecule has 0 aromatic carbocycles. The highest BCUT2D eigenvalue weighted by Crippen LogP contribution is 2.20. The number of hydrogen-bond donors (Lipinski definition) is 2. The number of terminal acetylenes is 1. The molecule has 1 aromatic heterocycles. The minimum atomic E-state index is -0.346. The van der Waals surface area contributed by atoms with Crippen LogP contribution in [0.25, 0.3) is 0 Å². The van der Waals surface area contributed by atoms with Crippen LogP contribution in [-0.4, -0.2) is 4.98 Å². The van der Waals surface area contributed by atoms with E-state index in [2.05, 4.69) is 16.3 Å². The van der Waals surface area contributed by atoms with Crippen LogP contribution in [0.3, 0.4) is 0 Å². The Kier molecular flexibility index (Phi) is 4.75. The van der Waals surface area contributed by atoms with Crippen molar-refractivity contribution in [2.45, 2.75) is 25.3 Å². The summed E-state index contributed by atoms with van der Waals surface area (Å²) in [6.45, 7) is 0. The second-order valence-electron chi connectivity index (χ2n) is 3.21. The molecule has 0 fully saturated rings. The van der Waals surface area contributed by atoms with Crippen LogP contribution in [0.2, 0.25) is 0 Å². The maximum absolute atomic E-state index is 13.3. The van der Waals surface area contributed by atoms with Gasteiger partial charge in [-0.2, -0.15) is 0 Å². The average molecular weight is 207 g/mol. The highest BCUT2D eigenvalue weighted by atomic mass is 19.1. The third kappa shape index (κ3) is 3.31. The van der Waals surface area contributed by atoms with Gasteiger partial charge in [0, 0.05) is 24.2 Å². The van der Waals surface area contributed by atoms with Gasteiger partial charge in [-0.1, -0.05) is 0 Å². The van der Waals surface area contributed by atoms with E-state index in [-0.39, 0.29) is 11.9 Å². The van der Waals surface area contributed by atoms with Gasteiger partial charge in [-0.25, -0.2) is 4.39 Å². The monoisotopic (exact) mass is 207 g/mol. The number of rotatable bonds is 5. The summed E-state index contributed by atoms with van der Waals surface area (Å²) < 4.78 is 13.3. The number of pyridine rings is 1. The number of hydrogen-bond acceptors (Lipinski definition) is 3. The zero-order valence-corrected chi connectivity index (χ0v) is 8.41. The van der Waals surface area contributed by atoms with Crippen molar-refractivity contribution in [1.29, 1.82) is 0 Å². The molecule has 0 saturated carbocycles. The minimum Gasteiger partial charge on any atom is -0.271 e. The fourth-order valence-corrected chi connectivity index (χ4v) is 1.41. The van der Waals surface area contributed by atoms with E-state index >= 15 is 0 Å². The molecule has 0 aliphatic rings. The normalized spacial score (nSPS) is 12.1. The first-order chi connectivity index (χ1) is 7.29. The van der Waals surface area contributed by atoms with Gasteiger partial charge in [-0.3, -0.25) is 16.3 Å². The fraction of sp³-hybridized carbons (Fsp3) is 0.364. The lowest BCUT2D eigenvalue weighted by Gasteiger charge is -2.15. The highest BCUT2D eigenvalue weighted by Gasteiger charge is 2.13. The van der Waals surface area contributed by atoms with Crippen LogP contribution < -0.4 is 11.3 Å². The van der Waals surface area contributed by atoms with Crippen molar-refractivity contribution >= 4 is 0 Å². The van der Waals surface area contributed by atoms with Crippen molar-refractivity contribution in [2.75, 3.05) is 0 Å². The second-order valence-corrected chi connectivity index (χ2v) is 3.21. The molecule has 1 rings (SSSR count). The molecule has 0 radical (unpaired) electrons. The SMILES string of the molecule is C#CCCCC(NN)c1ccncc1F. The van der Waals surface area contributed by atoms with E-state index in [4.69, 9.17) is 12.3 Å². The number of nitrogens with zero attached hydrogens (tertiary/aromatic N) is 1. The van der Waals surface area contributed by atoms with Gasteiger partial charge >= 0.3 is 0 Å². The van der Waals surface area contributed by atoms with Crippen molar-refractivity contribution < 1.29 is 4.39 Å². The number of nitrogens with two attached hydrogens (primary N) is 1. The standard InChI is InChI=1S/C11H14FN3/c1-2-3-4-5-11(15-13)9-6-7-14-8-10(9)12/h1,6-8,11,15H,3-5,13H2. The molecule has 0 aliphatic heterocycles. The summed E-state index contributed by atoms with van der Waals surface area (Å²) in [6, 6.07) is 1.41. The third-order valence-corrected chi connectivity index (χ3v) is 2.19. The Morgan fingerprint density at radius 3 is 3.07 bits per heavy atom. The van der Waals surface area contributed by atoms with Crippen molar-refractivity contribution in [2.24, 2.45) is 5.84 Å². The Morgan fingerprint density at radius 2 is 2.47 bits per heavy atom. The molecule has 80 valence electrons. The Labute approximate surface area is 88.9 Å². The molecule has 1 aromatic rings. The Morgan fingerprint density at radius 1 is 1.67 bits per heavy atom. The maximum atomic E-state index is 13.3. The summed E-state index contributed by atoms with van der Waals surface area (Å²) in [5.41, 5.74) is 3.11. The van der Waals surface area contributed by atoms with Gasteiger partial charge in [0.25, 0.3) is 0 Å². The van der Waals surface area contributed by atoms with Crippen molar-refractivity contribution in [3.05, 3.63) is 29.8 Å². The van der Waals surface area contributed by atoms with Gasteiger partial charge < -0.3 is 0 Å². The van der Waals surface area contributed by atoms with Crippen LogP contribution in [0.1, 0.15) is 30.9 Å². The summed E-state index contributed by atoms with van der Waals surface area (Å²) in [5.74, 6) is 7.56. The average Bonchev–Trinajstić information content (AvgIpc) is 2.26. The van der Waals surface area contributed by atoms with Crippen LogP contribution in [0.5, 0.6) is 0 Å².